The van der Waals surface area contributed by atoms with Crippen LogP contribution in [0.4, 0.5) is 0 Å². The lowest BCUT2D eigenvalue weighted by Gasteiger charge is -2.47. The lowest BCUT2D eigenvalue weighted by molar-refractivity contribution is 0.00124. The van der Waals surface area contributed by atoms with Gasteiger partial charge in [0.2, 0.25) is 0 Å². The molecule has 2 fully saturated rings. The quantitative estimate of drug-likeness (QED) is 0.640. The van der Waals surface area contributed by atoms with E-state index in [9.17, 15) is 5.11 Å². The summed E-state index contributed by atoms with van der Waals surface area (Å²) in [6, 6.07) is 30.4. The van der Waals surface area contributed by atoms with Gasteiger partial charge in [-0.25, -0.2) is 0 Å². The second-order valence-corrected chi connectivity index (χ2v) is 9.03. The maximum absolute atomic E-state index is 10.9. The van der Waals surface area contributed by atoms with Crippen LogP contribution in [-0.2, 0) is 6.54 Å². The zero-order chi connectivity index (χ0) is 21.9. The molecule has 0 saturated carbocycles. The van der Waals surface area contributed by atoms with E-state index in [2.05, 4.69) is 82.6 Å². The second kappa shape index (κ2) is 9.45. The van der Waals surface area contributed by atoms with Crippen LogP contribution in [0.2, 0.25) is 0 Å². The van der Waals surface area contributed by atoms with Crippen molar-refractivity contribution in [2.75, 3.05) is 26.7 Å². The van der Waals surface area contributed by atoms with Crippen LogP contribution in [0.25, 0.3) is 0 Å². The van der Waals surface area contributed by atoms with Crippen molar-refractivity contribution in [2.45, 2.75) is 37.1 Å². The lowest BCUT2D eigenvalue weighted by atomic mass is 9.82. The van der Waals surface area contributed by atoms with Crippen molar-refractivity contribution in [3.05, 3.63) is 102 Å². The summed E-state index contributed by atoms with van der Waals surface area (Å²) >= 11 is 0. The number of benzene rings is 3. The van der Waals surface area contributed by atoms with E-state index in [-0.39, 0.29) is 18.1 Å². The third kappa shape index (κ3) is 4.18. The Hall–Kier alpha value is -2.66. The average Bonchev–Trinajstić information content (AvgIpc) is 3.22. The highest BCUT2D eigenvalue weighted by Crippen LogP contribution is 2.38. The molecule has 1 N–H and O–H groups in total. The number of nitrogens with zero attached hydrogens (tertiary/aromatic N) is 2. The van der Waals surface area contributed by atoms with Gasteiger partial charge in [-0.3, -0.25) is 9.80 Å². The van der Waals surface area contributed by atoms with Crippen molar-refractivity contribution >= 4 is 0 Å². The Morgan fingerprint density at radius 1 is 0.875 bits per heavy atom. The molecule has 2 aliphatic rings. The highest BCUT2D eigenvalue weighted by atomic mass is 16.5. The lowest BCUT2D eigenvalue weighted by Crippen LogP contribution is -2.59. The predicted octanol–water partition coefficient (Wildman–Crippen LogP) is 4.15. The summed E-state index contributed by atoms with van der Waals surface area (Å²) in [6.45, 7) is 3.62. The molecule has 3 aromatic rings. The van der Waals surface area contributed by atoms with E-state index >= 15 is 0 Å². The Balaban J connectivity index is 1.51. The van der Waals surface area contributed by atoms with Crippen LogP contribution < -0.4 is 4.74 Å². The minimum absolute atomic E-state index is 0.165. The van der Waals surface area contributed by atoms with Gasteiger partial charge < -0.3 is 9.84 Å². The fourth-order valence-corrected chi connectivity index (χ4v) is 5.67. The van der Waals surface area contributed by atoms with Crippen LogP contribution in [0, 0.1) is 0 Å². The topological polar surface area (TPSA) is 35.9 Å². The van der Waals surface area contributed by atoms with Gasteiger partial charge in [-0.2, -0.15) is 0 Å². The van der Waals surface area contributed by atoms with Gasteiger partial charge >= 0.3 is 0 Å². The van der Waals surface area contributed by atoms with Gasteiger partial charge in [0.25, 0.3) is 0 Å². The van der Waals surface area contributed by atoms with E-state index in [0.717, 1.165) is 38.3 Å². The van der Waals surface area contributed by atoms with Crippen LogP contribution in [0.15, 0.2) is 84.9 Å². The molecule has 3 aromatic carbocycles. The van der Waals surface area contributed by atoms with Crippen LogP contribution in [-0.4, -0.2) is 59.8 Å². The maximum atomic E-state index is 10.9. The Morgan fingerprint density at radius 2 is 1.50 bits per heavy atom. The number of rotatable bonds is 6. The molecule has 2 heterocycles. The van der Waals surface area contributed by atoms with Gasteiger partial charge in [-0.15, -0.1) is 0 Å². The summed E-state index contributed by atoms with van der Waals surface area (Å²) in [5.74, 6) is 1.19. The zero-order valence-corrected chi connectivity index (χ0v) is 18.7. The molecule has 4 nitrogen and oxygen atoms in total. The first-order valence-corrected chi connectivity index (χ1v) is 11.6. The molecular weight excluding hydrogens is 396 g/mol. The molecule has 32 heavy (non-hydrogen) atoms. The fourth-order valence-electron chi connectivity index (χ4n) is 5.67. The molecule has 4 heteroatoms. The molecule has 5 rings (SSSR count). The van der Waals surface area contributed by atoms with Crippen molar-refractivity contribution in [2.24, 2.45) is 0 Å². The summed E-state index contributed by atoms with van der Waals surface area (Å²) in [6.07, 6.45) is 0.574. The summed E-state index contributed by atoms with van der Waals surface area (Å²) in [7, 11) is 1.74. The van der Waals surface area contributed by atoms with Crippen LogP contribution in [0.1, 0.15) is 29.0 Å². The van der Waals surface area contributed by atoms with Crippen molar-refractivity contribution < 1.29 is 9.84 Å². The van der Waals surface area contributed by atoms with Crippen molar-refractivity contribution in [1.29, 1.82) is 0 Å². The van der Waals surface area contributed by atoms with Crippen molar-refractivity contribution in [1.82, 2.24) is 9.80 Å². The number of aliphatic hydroxyl groups is 1. The first kappa shape index (κ1) is 21.2. The minimum Gasteiger partial charge on any atom is -0.496 e. The van der Waals surface area contributed by atoms with E-state index in [0.29, 0.717) is 6.04 Å². The van der Waals surface area contributed by atoms with Crippen LogP contribution >= 0.6 is 0 Å². The van der Waals surface area contributed by atoms with Crippen LogP contribution in [0.3, 0.4) is 0 Å². The Labute approximate surface area is 191 Å². The maximum Gasteiger partial charge on any atom is 0.123 e. The number of aliphatic hydroxyl groups excluding tert-OH is 1. The normalized spacial score (nSPS) is 23.9. The fraction of sp³-hybridized carbons (Fsp3) is 0.357. The molecule has 0 bridgehead atoms. The van der Waals surface area contributed by atoms with Gasteiger partial charge in [0.15, 0.2) is 0 Å². The number of hydrogen-bond donors (Lipinski definition) is 1. The second-order valence-electron chi connectivity index (χ2n) is 9.03. The van der Waals surface area contributed by atoms with E-state index < -0.39 is 0 Å². The van der Waals surface area contributed by atoms with E-state index in [1.54, 1.807) is 7.11 Å². The largest absolute Gasteiger partial charge is 0.496 e. The Kier molecular flexibility index (Phi) is 6.26. The van der Waals surface area contributed by atoms with E-state index in [1.165, 1.54) is 16.7 Å². The summed E-state index contributed by atoms with van der Waals surface area (Å²) in [5, 5.41) is 10.9. The van der Waals surface area contributed by atoms with Gasteiger partial charge in [0, 0.05) is 49.7 Å². The molecule has 2 aliphatic heterocycles. The third-order valence-corrected chi connectivity index (χ3v) is 7.16. The molecule has 0 spiro atoms. The molecule has 0 aliphatic carbocycles. The van der Waals surface area contributed by atoms with Gasteiger partial charge in [0.1, 0.15) is 5.75 Å². The van der Waals surface area contributed by atoms with Gasteiger partial charge in [-0.05, 0) is 23.6 Å². The number of piperazine rings is 1. The molecule has 3 atom stereocenters. The minimum atomic E-state index is -0.273. The molecule has 0 aromatic heterocycles. The van der Waals surface area contributed by atoms with E-state index in [4.69, 9.17) is 4.74 Å². The zero-order valence-electron chi connectivity index (χ0n) is 18.7. The molecular formula is C28H32N2O2. The molecule has 2 saturated heterocycles. The Bertz CT molecular complexity index is 971. The summed E-state index contributed by atoms with van der Waals surface area (Å²) in [5.41, 5.74) is 3.87. The number of methoxy groups -OCH3 is 1. The monoisotopic (exact) mass is 428 g/mol. The molecule has 0 unspecified atom stereocenters. The van der Waals surface area contributed by atoms with Crippen molar-refractivity contribution in [3.63, 3.8) is 0 Å². The van der Waals surface area contributed by atoms with Crippen molar-refractivity contribution in [3.8, 4) is 5.75 Å². The number of fused-ring (bicyclic) bond motifs is 1. The third-order valence-electron chi connectivity index (χ3n) is 7.16. The predicted molar refractivity (Wildman–Crippen MR) is 128 cm³/mol. The Morgan fingerprint density at radius 3 is 2.16 bits per heavy atom. The summed E-state index contributed by atoms with van der Waals surface area (Å²) < 4.78 is 5.62. The first-order valence-electron chi connectivity index (χ1n) is 11.6. The SMILES string of the molecule is COc1ccccc1CN1C[C@@H]2[C@@H](O)CCN2[C@H](C(c2ccccc2)c2ccccc2)C1. The van der Waals surface area contributed by atoms with Crippen LogP contribution in [0.5, 0.6) is 5.75 Å². The molecule has 0 radical (unpaired) electrons. The van der Waals surface area contributed by atoms with Gasteiger partial charge in [-0.1, -0.05) is 78.9 Å². The van der Waals surface area contributed by atoms with E-state index in [1.807, 2.05) is 12.1 Å². The van der Waals surface area contributed by atoms with Gasteiger partial charge in [0.05, 0.1) is 13.2 Å². The number of para-hydroxylation sites is 1. The first-order chi connectivity index (χ1) is 15.7. The highest BCUT2D eigenvalue weighted by molar-refractivity contribution is 5.36. The smallest absolute Gasteiger partial charge is 0.123 e. The highest BCUT2D eigenvalue weighted by Gasteiger charge is 2.45. The standard InChI is InChI=1S/C28H32N2O2/c1-32-27-15-9-8-14-23(27)18-29-19-24-26(31)16-17-30(24)25(20-29)28(21-10-4-2-5-11-21)22-12-6-3-7-13-22/h2-15,24-26,28,31H,16-20H2,1H3/t24-,25+,26+/m1/s1. The summed E-state index contributed by atoms with van der Waals surface area (Å²) in [4.78, 5) is 5.09. The number of hydrogen-bond acceptors (Lipinski definition) is 4. The molecule has 166 valence electrons. The average molecular weight is 429 g/mol. The molecule has 0 amide bonds. The number of ether oxygens (including phenoxy) is 1.